The van der Waals surface area contributed by atoms with Crippen LogP contribution in [0.25, 0.3) is 0 Å². The lowest BCUT2D eigenvalue weighted by Gasteiger charge is -2.20. The van der Waals surface area contributed by atoms with E-state index in [1.807, 2.05) is 30.3 Å². The monoisotopic (exact) mass is 484 g/mol. The van der Waals surface area contributed by atoms with Crippen LogP contribution in [0.5, 0.6) is 11.5 Å². The number of nitrogens with zero attached hydrogens (tertiary/aromatic N) is 1. The number of rotatable bonds is 6. The van der Waals surface area contributed by atoms with Gasteiger partial charge in [-0.3, -0.25) is 4.79 Å². The van der Waals surface area contributed by atoms with E-state index in [0.717, 1.165) is 25.7 Å². The first-order valence-corrected chi connectivity index (χ1v) is 12.7. The molecule has 1 heterocycles. The minimum Gasteiger partial charge on any atom is -0.455 e. The molecule has 0 bridgehead atoms. The average Bonchev–Trinajstić information content (AvgIpc) is 3.11. The van der Waals surface area contributed by atoms with E-state index in [4.69, 9.17) is 16.3 Å². The highest BCUT2D eigenvalue weighted by molar-refractivity contribution is 7.89. The van der Waals surface area contributed by atoms with Crippen LogP contribution < -0.4 is 10.1 Å². The number of carbonyl (C=O) groups excluding carboxylic acids is 1. The predicted molar refractivity (Wildman–Crippen MR) is 130 cm³/mol. The Bertz CT molecular complexity index is 1220. The van der Waals surface area contributed by atoms with Crippen LogP contribution in [0.2, 0.25) is 5.02 Å². The van der Waals surface area contributed by atoms with Gasteiger partial charge in [-0.05, 0) is 55.3 Å². The van der Waals surface area contributed by atoms with Crippen molar-refractivity contribution in [1.29, 1.82) is 0 Å². The summed E-state index contributed by atoms with van der Waals surface area (Å²) in [5.41, 5.74) is 0.533. The van der Waals surface area contributed by atoms with Crippen LogP contribution in [-0.4, -0.2) is 31.7 Å². The summed E-state index contributed by atoms with van der Waals surface area (Å²) < 4.78 is 33.7. The Morgan fingerprint density at radius 3 is 2.27 bits per heavy atom. The van der Waals surface area contributed by atoms with E-state index in [1.165, 1.54) is 22.5 Å². The zero-order valence-electron chi connectivity index (χ0n) is 18.0. The van der Waals surface area contributed by atoms with Crippen molar-refractivity contribution in [2.45, 2.75) is 30.6 Å². The highest BCUT2D eigenvalue weighted by atomic mass is 35.5. The average molecular weight is 485 g/mol. The minimum atomic E-state index is -3.71. The largest absolute Gasteiger partial charge is 0.455 e. The zero-order valence-corrected chi connectivity index (χ0v) is 19.6. The van der Waals surface area contributed by atoms with Crippen LogP contribution in [0.15, 0.2) is 77.7 Å². The van der Waals surface area contributed by atoms with Gasteiger partial charge in [0.15, 0.2) is 5.75 Å². The van der Waals surface area contributed by atoms with Gasteiger partial charge >= 0.3 is 0 Å². The van der Waals surface area contributed by atoms with Gasteiger partial charge in [0.05, 0.1) is 21.2 Å². The van der Waals surface area contributed by atoms with Crippen molar-refractivity contribution in [3.8, 4) is 11.5 Å². The van der Waals surface area contributed by atoms with E-state index in [2.05, 4.69) is 5.32 Å². The highest BCUT2D eigenvalue weighted by Gasteiger charge is 2.27. The first kappa shape index (κ1) is 23.3. The molecule has 1 saturated heterocycles. The first-order chi connectivity index (χ1) is 15.9. The molecule has 8 heteroatoms. The third-order valence-corrected chi connectivity index (χ3v) is 7.72. The van der Waals surface area contributed by atoms with Crippen LogP contribution in [0.1, 0.15) is 36.0 Å². The third kappa shape index (κ3) is 5.55. The van der Waals surface area contributed by atoms with Gasteiger partial charge in [0.1, 0.15) is 5.75 Å². The molecule has 0 aliphatic carbocycles. The van der Waals surface area contributed by atoms with Crippen molar-refractivity contribution in [3.63, 3.8) is 0 Å². The van der Waals surface area contributed by atoms with Crippen molar-refractivity contribution < 1.29 is 17.9 Å². The number of ether oxygens (including phenoxy) is 1. The van der Waals surface area contributed by atoms with E-state index in [0.29, 0.717) is 30.3 Å². The molecule has 1 fully saturated rings. The number of para-hydroxylation sites is 3. The van der Waals surface area contributed by atoms with Crippen molar-refractivity contribution in [1.82, 2.24) is 4.31 Å². The summed E-state index contributed by atoms with van der Waals surface area (Å²) in [5, 5.41) is 2.97. The zero-order chi connectivity index (χ0) is 23.3. The molecular weight excluding hydrogens is 460 g/mol. The smallest absolute Gasteiger partial charge is 0.257 e. The minimum absolute atomic E-state index is 0.0628. The Kier molecular flexibility index (Phi) is 7.33. The molecule has 0 unspecified atom stereocenters. The van der Waals surface area contributed by atoms with Crippen LogP contribution in [-0.2, 0) is 10.0 Å². The molecule has 1 amide bonds. The van der Waals surface area contributed by atoms with E-state index < -0.39 is 15.9 Å². The molecule has 0 aromatic heterocycles. The highest BCUT2D eigenvalue weighted by Crippen LogP contribution is 2.31. The van der Waals surface area contributed by atoms with Gasteiger partial charge in [-0.25, -0.2) is 8.42 Å². The lowest BCUT2D eigenvalue weighted by molar-refractivity contribution is 0.102. The molecule has 0 saturated carbocycles. The van der Waals surface area contributed by atoms with Crippen molar-refractivity contribution in [2.24, 2.45) is 0 Å². The maximum absolute atomic E-state index is 13.2. The number of halogens is 1. The second-order valence-corrected chi connectivity index (χ2v) is 10.2. The number of sulfonamides is 1. The van der Waals surface area contributed by atoms with Crippen molar-refractivity contribution >= 4 is 33.2 Å². The second-order valence-electron chi connectivity index (χ2n) is 7.83. The lowest BCUT2D eigenvalue weighted by Crippen LogP contribution is -2.32. The molecular formula is C25H25ClN2O4S. The number of nitrogens with one attached hydrogen (secondary N) is 1. The second kappa shape index (κ2) is 10.4. The molecule has 1 aliphatic heterocycles. The summed E-state index contributed by atoms with van der Waals surface area (Å²) in [4.78, 5) is 13.2. The molecule has 4 rings (SSSR count). The number of carbonyl (C=O) groups is 1. The Hall–Kier alpha value is -2.87. The molecule has 1 N–H and O–H groups in total. The van der Waals surface area contributed by atoms with E-state index in [1.54, 1.807) is 24.3 Å². The van der Waals surface area contributed by atoms with E-state index in [9.17, 15) is 13.2 Å². The maximum Gasteiger partial charge on any atom is 0.257 e. The molecule has 0 radical (unpaired) electrons. The summed E-state index contributed by atoms with van der Waals surface area (Å²) in [6, 6.07) is 20.5. The van der Waals surface area contributed by atoms with Gasteiger partial charge in [-0.2, -0.15) is 4.31 Å². The van der Waals surface area contributed by atoms with Gasteiger partial charge in [0.25, 0.3) is 5.91 Å². The summed E-state index contributed by atoms with van der Waals surface area (Å²) in [6.07, 6.45) is 3.70. The van der Waals surface area contributed by atoms with E-state index in [-0.39, 0.29) is 15.5 Å². The quantitative estimate of drug-likeness (QED) is 0.469. The molecule has 6 nitrogen and oxygen atoms in total. The summed E-state index contributed by atoms with van der Waals surface area (Å²) in [7, 11) is -3.71. The summed E-state index contributed by atoms with van der Waals surface area (Å²) in [6.45, 7) is 0.966. The maximum atomic E-state index is 13.2. The predicted octanol–water partition coefficient (Wildman–Crippen LogP) is 5.95. The van der Waals surface area contributed by atoms with Gasteiger partial charge in [0, 0.05) is 13.1 Å². The van der Waals surface area contributed by atoms with Gasteiger partial charge in [0.2, 0.25) is 10.0 Å². The molecule has 0 spiro atoms. The fourth-order valence-corrected chi connectivity index (χ4v) is 5.48. The number of hydrogen-bond acceptors (Lipinski definition) is 4. The fourth-order valence-electron chi connectivity index (χ4n) is 3.73. The summed E-state index contributed by atoms with van der Waals surface area (Å²) >= 11 is 6.29. The standard InChI is InChI=1S/C25H25ClN2O4S/c26-22-15-14-20(33(30,31)28-16-8-1-2-9-17-28)18-21(22)25(29)27-23-12-6-7-13-24(23)32-19-10-4-3-5-11-19/h3-7,10-15,18H,1-2,8-9,16-17H2,(H,27,29). The third-order valence-electron chi connectivity index (χ3n) is 5.49. The number of anilines is 1. The number of amides is 1. The van der Waals surface area contributed by atoms with E-state index >= 15 is 0 Å². The molecule has 3 aromatic rings. The van der Waals surface area contributed by atoms with Crippen molar-refractivity contribution in [2.75, 3.05) is 18.4 Å². The SMILES string of the molecule is O=C(Nc1ccccc1Oc1ccccc1)c1cc(S(=O)(=O)N2CCCCCC2)ccc1Cl. The molecule has 1 aliphatic rings. The topological polar surface area (TPSA) is 75.7 Å². The Labute approximate surface area is 199 Å². The van der Waals surface area contributed by atoms with Crippen LogP contribution >= 0.6 is 11.6 Å². The van der Waals surface area contributed by atoms with Gasteiger partial charge in [-0.15, -0.1) is 0 Å². The Morgan fingerprint density at radius 2 is 1.55 bits per heavy atom. The fraction of sp³-hybridized carbons (Fsp3) is 0.240. The Morgan fingerprint density at radius 1 is 0.879 bits per heavy atom. The van der Waals surface area contributed by atoms with Gasteiger partial charge < -0.3 is 10.1 Å². The number of benzene rings is 3. The molecule has 0 atom stereocenters. The van der Waals surface area contributed by atoms with Crippen LogP contribution in [0, 0.1) is 0 Å². The molecule has 3 aromatic carbocycles. The molecule has 172 valence electrons. The van der Waals surface area contributed by atoms with Crippen LogP contribution in [0.3, 0.4) is 0 Å². The van der Waals surface area contributed by atoms with Crippen molar-refractivity contribution in [3.05, 3.63) is 83.4 Å². The molecule has 33 heavy (non-hydrogen) atoms. The summed E-state index contributed by atoms with van der Waals surface area (Å²) in [5.74, 6) is 0.571. The normalized spacial score (nSPS) is 14.9. The first-order valence-electron chi connectivity index (χ1n) is 10.9. The van der Waals surface area contributed by atoms with Gasteiger partial charge in [-0.1, -0.05) is 54.8 Å². The number of hydrogen-bond donors (Lipinski definition) is 1. The van der Waals surface area contributed by atoms with Crippen LogP contribution in [0.4, 0.5) is 5.69 Å². The Balaban J connectivity index is 1.58. The lowest BCUT2D eigenvalue weighted by atomic mass is 10.2.